The number of hydrogen-bond acceptors (Lipinski definition) is 4. The van der Waals surface area contributed by atoms with Gasteiger partial charge in [0, 0.05) is 5.69 Å². The van der Waals surface area contributed by atoms with Crippen LogP contribution in [0.25, 0.3) is 0 Å². The molecule has 18 heavy (non-hydrogen) atoms. The van der Waals surface area contributed by atoms with Crippen LogP contribution in [0, 0.1) is 6.92 Å². The number of nitrogens with zero attached hydrogens (tertiary/aromatic N) is 2. The van der Waals surface area contributed by atoms with Gasteiger partial charge in [0.15, 0.2) is 0 Å². The van der Waals surface area contributed by atoms with Crippen molar-refractivity contribution < 1.29 is 9.84 Å². The first-order valence-corrected chi connectivity index (χ1v) is 5.93. The van der Waals surface area contributed by atoms with Crippen LogP contribution < -0.4 is 4.74 Å². The SMILES string of the molecule is CCC(O)c1ccc(Oc2ccc(C)nc2)cn1. The minimum Gasteiger partial charge on any atom is -0.454 e. The number of aryl methyl sites for hydroxylation is 1. The third kappa shape index (κ3) is 3.05. The zero-order chi connectivity index (χ0) is 13.0. The molecule has 2 aromatic rings. The van der Waals surface area contributed by atoms with Crippen molar-refractivity contribution in [2.75, 3.05) is 0 Å². The zero-order valence-corrected chi connectivity index (χ0v) is 10.5. The van der Waals surface area contributed by atoms with Crippen molar-refractivity contribution in [2.24, 2.45) is 0 Å². The van der Waals surface area contributed by atoms with E-state index >= 15 is 0 Å². The van der Waals surface area contributed by atoms with Crippen molar-refractivity contribution in [3.63, 3.8) is 0 Å². The van der Waals surface area contributed by atoms with Crippen LogP contribution in [0.5, 0.6) is 11.5 Å². The summed E-state index contributed by atoms with van der Waals surface area (Å²) in [5, 5.41) is 9.63. The van der Waals surface area contributed by atoms with Gasteiger partial charge in [-0.1, -0.05) is 6.92 Å². The molecule has 94 valence electrons. The lowest BCUT2D eigenvalue weighted by Gasteiger charge is -2.08. The van der Waals surface area contributed by atoms with Crippen molar-refractivity contribution >= 4 is 0 Å². The molecular weight excluding hydrogens is 228 g/mol. The maximum Gasteiger partial charge on any atom is 0.145 e. The largest absolute Gasteiger partial charge is 0.454 e. The van der Waals surface area contributed by atoms with Crippen LogP contribution in [0.2, 0.25) is 0 Å². The van der Waals surface area contributed by atoms with Gasteiger partial charge in [-0.15, -0.1) is 0 Å². The molecule has 2 aromatic heterocycles. The summed E-state index contributed by atoms with van der Waals surface area (Å²) in [5.74, 6) is 1.30. The predicted octanol–water partition coefficient (Wildman–Crippen LogP) is 3.02. The molecule has 0 radical (unpaired) electrons. The predicted molar refractivity (Wildman–Crippen MR) is 68.5 cm³/mol. The third-order valence-corrected chi connectivity index (χ3v) is 2.61. The van der Waals surface area contributed by atoms with Gasteiger partial charge in [-0.25, -0.2) is 0 Å². The summed E-state index contributed by atoms with van der Waals surface area (Å²) in [4.78, 5) is 8.32. The molecule has 0 aliphatic carbocycles. The fraction of sp³-hybridized carbons (Fsp3) is 0.286. The van der Waals surface area contributed by atoms with E-state index in [1.807, 2.05) is 26.0 Å². The van der Waals surface area contributed by atoms with E-state index in [-0.39, 0.29) is 0 Å². The molecule has 0 aliphatic rings. The smallest absolute Gasteiger partial charge is 0.145 e. The van der Waals surface area contributed by atoms with E-state index in [1.165, 1.54) is 0 Å². The van der Waals surface area contributed by atoms with Crippen molar-refractivity contribution in [1.82, 2.24) is 9.97 Å². The van der Waals surface area contributed by atoms with E-state index < -0.39 is 6.10 Å². The van der Waals surface area contributed by atoms with Gasteiger partial charge in [-0.05, 0) is 37.6 Å². The Morgan fingerprint density at radius 2 is 1.78 bits per heavy atom. The Balaban J connectivity index is 2.08. The molecule has 2 rings (SSSR count). The molecule has 0 aromatic carbocycles. The minimum atomic E-state index is -0.514. The van der Waals surface area contributed by atoms with E-state index in [4.69, 9.17) is 4.74 Å². The fourth-order valence-corrected chi connectivity index (χ4v) is 1.51. The standard InChI is InChI=1S/C14H16N2O2/c1-3-14(17)13-7-6-12(9-16-13)18-11-5-4-10(2)15-8-11/h4-9,14,17H,3H2,1-2H3. The molecule has 1 atom stereocenters. The molecule has 1 unspecified atom stereocenters. The molecule has 0 spiro atoms. The summed E-state index contributed by atoms with van der Waals surface area (Å²) in [6.45, 7) is 3.83. The van der Waals surface area contributed by atoms with Crippen molar-refractivity contribution in [3.05, 3.63) is 48.0 Å². The molecule has 0 amide bonds. The zero-order valence-electron chi connectivity index (χ0n) is 10.5. The molecule has 0 saturated carbocycles. The van der Waals surface area contributed by atoms with Gasteiger partial charge in [0.25, 0.3) is 0 Å². The average molecular weight is 244 g/mol. The number of aromatic nitrogens is 2. The van der Waals surface area contributed by atoms with Crippen LogP contribution in [0.3, 0.4) is 0 Å². The summed E-state index contributed by atoms with van der Waals surface area (Å²) in [5.41, 5.74) is 1.61. The fourth-order valence-electron chi connectivity index (χ4n) is 1.51. The lowest BCUT2D eigenvalue weighted by molar-refractivity contribution is 0.169. The quantitative estimate of drug-likeness (QED) is 0.898. The topological polar surface area (TPSA) is 55.2 Å². The molecule has 0 bridgehead atoms. The Morgan fingerprint density at radius 1 is 1.11 bits per heavy atom. The highest BCUT2D eigenvalue weighted by molar-refractivity contribution is 5.28. The van der Waals surface area contributed by atoms with E-state index in [2.05, 4.69) is 9.97 Å². The molecule has 1 N–H and O–H groups in total. The number of aliphatic hydroxyl groups is 1. The molecular formula is C14H16N2O2. The van der Waals surface area contributed by atoms with Gasteiger partial charge in [0.2, 0.25) is 0 Å². The van der Waals surface area contributed by atoms with E-state index in [9.17, 15) is 5.11 Å². The van der Waals surface area contributed by atoms with E-state index in [0.29, 0.717) is 23.6 Å². The first kappa shape index (κ1) is 12.5. The Bertz CT molecular complexity index is 494. The molecule has 4 nitrogen and oxygen atoms in total. The second kappa shape index (κ2) is 5.60. The number of aliphatic hydroxyl groups excluding tert-OH is 1. The summed E-state index contributed by atoms with van der Waals surface area (Å²) in [7, 11) is 0. The van der Waals surface area contributed by atoms with Crippen molar-refractivity contribution in [2.45, 2.75) is 26.4 Å². The second-order valence-corrected chi connectivity index (χ2v) is 4.08. The number of rotatable bonds is 4. The lowest BCUT2D eigenvalue weighted by atomic mass is 10.2. The summed E-state index contributed by atoms with van der Waals surface area (Å²) >= 11 is 0. The Morgan fingerprint density at radius 3 is 2.28 bits per heavy atom. The van der Waals surface area contributed by atoms with Gasteiger partial charge in [0.05, 0.1) is 24.2 Å². The van der Waals surface area contributed by atoms with Crippen molar-refractivity contribution in [1.29, 1.82) is 0 Å². The highest BCUT2D eigenvalue weighted by atomic mass is 16.5. The Labute approximate surface area is 106 Å². The van der Waals surface area contributed by atoms with Crippen molar-refractivity contribution in [3.8, 4) is 11.5 Å². The summed E-state index contributed by atoms with van der Waals surface area (Å²) in [6, 6.07) is 7.31. The third-order valence-electron chi connectivity index (χ3n) is 2.61. The Kier molecular flexibility index (Phi) is 3.89. The van der Waals surface area contributed by atoms with E-state index in [0.717, 1.165) is 5.69 Å². The highest BCUT2D eigenvalue weighted by Crippen LogP contribution is 2.21. The lowest BCUT2D eigenvalue weighted by Crippen LogP contribution is -1.98. The summed E-state index contributed by atoms with van der Waals surface area (Å²) < 4.78 is 5.60. The average Bonchev–Trinajstić information content (AvgIpc) is 2.41. The molecule has 0 saturated heterocycles. The van der Waals surface area contributed by atoms with Crippen LogP contribution in [-0.2, 0) is 0 Å². The van der Waals surface area contributed by atoms with Gasteiger partial charge < -0.3 is 9.84 Å². The number of hydrogen-bond donors (Lipinski definition) is 1. The number of ether oxygens (including phenoxy) is 1. The van der Waals surface area contributed by atoms with E-state index in [1.54, 1.807) is 24.5 Å². The van der Waals surface area contributed by atoms with Crippen LogP contribution in [-0.4, -0.2) is 15.1 Å². The maximum absolute atomic E-state index is 9.63. The van der Waals surface area contributed by atoms with Gasteiger partial charge >= 0.3 is 0 Å². The normalized spacial score (nSPS) is 12.2. The van der Waals surface area contributed by atoms with Gasteiger partial charge in [-0.2, -0.15) is 0 Å². The first-order valence-electron chi connectivity index (χ1n) is 5.93. The maximum atomic E-state index is 9.63. The van der Waals surface area contributed by atoms with Gasteiger partial charge in [-0.3, -0.25) is 9.97 Å². The molecule has 2 heterocycles. The molecule has 0 fully saturated rings. The van der Waals surface area contributed by atoms with Crippen LogP contribution in [0.1, 0.15) is 30.8 Å². The van der Waals surface area contributed by atoms with Crippen LogP contribution in [0.15, 0.2) is 36.7 Å². The molecule has 0 aliphatic heterocycles. The highest BCUT2D eigenvalue weighted by Gasteiger charge is 2.06. The van der Waals surface area contributed by atoms with Crippen LogP contribution in [0.4, 0.5) is 0 Å². The monoisotopic (exact) mass is 244 g/mol. The van der Waals surface area contributed by atoms with Crippen LogP contribution >= 0.6 is 0 Å². The minimum absolute atomic E-state index is 0.514. The van der Waals surface area contributed by atoms with Gasteiger partial charge in [0.1, 0.15) is 11.5 Å². The Hall–Kier alpha value is -1.94. The number of pyridine rings is 2. The summed E-state index contributed by atoms with van der Waals surface area (Å²) in [6.07, 6.45) is 3.41. The molecule has 4 heteroatoms. The first-order chi connectivity index (χ1) is 8.69. The second-order valence-electron chi connectivity index (χ2n) is 4.08.